The minimum Gasteiger partial charge on any atom is -0.462 e. The fourth-order valence-electron chi connectivity index (χ4n) is 1.47. The number of benzene rings is 1. The molecule has 7 heteroatoms. The molecule has 0 fully saturated rings. The Morgan fingerprint density at radius 2 is 2.15 bits per heavy atom. The van der Waals surface area contributed by atoms with Crippen molar-refractivity contribution in [3.8, 4) is 11.6 Å². The molecule has 1 aromatic carbocycles. The van der Waals surface area contributed by atoms with Gasteiger partial charge in [0.25, 0.3) is 0 Å². The number of nitrogen functional groups attached to an aromatic ring is 1. The summed E-state index contributed by atoms with van der Waals surface area (Å²) in [5, 5.41) is 0.00261. The van der Waals surface area contributed by atoms with Crippen LogP contribution in [0.5, 0.6) is 11.6 Å². The first-order chi connectivity index (χ1) is 9.61. The van der Waals surface area contributed by atoms with Crippen molar-refractivity contribution < 1.29 is 14.3 Å². The molecule has 0 amide bonds. The number of nitrogens with zero attached hydrogens (tertiary/aromatic N) is 2. The molecular weight excluding hydrogens is 282 g/mol. The SMILES string of the molecule is CCOC(=O)c1ccccc1Oc1nc(Cl)ncc1N. The summed E-state index contributed by atoms with van der Waals surface area (Å²) in [5.41, 5.74) is 6.19. The maximum absolute atomic E-state index is 11.8. The minimum atomic E-state index is -0.484. The molecular formula is C13H12ClN3O3. The van der Waals surface area contributed by atoms with Gasteiger partial charge in [-0.2, -0.15) is 4.98 Å². The summed E-state index contributed by atoms with van der Waals surface area (Å²) in [6.07, 6.45) is 1.33. The minimum absolute atomic E-state index is 0.00261. The quantitative estimate of drug-likeness (QED) is 0.689. The van der Waals surface area contributed by atoms with Crippen molar-refractivity contribution in [1.29, 1.82) is 0 Å². The van der Waals surface area contributed by atoms with Crippen LogP contribution in [0, 0.1) is 0 Å². The van der Waals surface area contributed by atoms with E-state index < -0.39 is 5.97 Å². The molecule has 2 rings (SSSR count). The van der Waals surface area contributed by atoms with Gasteiger partial charge in [0.2, 0.25) is 11.2 Å². The Morgan fingerprint density at radius 3 is 2.90 bits per heavy atom. The van der Waals surface area contributed by atoms with Crippen LogP contribution in [-0.2, 0) is 4.74 Å². The van der Waals surface area contributed by atoms with E-state index in [0.717, 1.165) is 0 Å². The Balaban J connectivity index is 2.34. The summed E-state index contributed by atoms with van der Waals surface area (Å²) in [6.45, 7) is 2.00. The molecule has 0 unspecified atom stereocenters. The van der Waals surface area contributed by atoms with Gasteiger partial charge in [0.15, 0.2) is 0 Å². The Hall–Kier alpha value is -2.34. The van der Waals surface area contributed by atoms with E-state index in [1.165, 1.54) is 6.20 Å². The number of halogens is 1. The number of ether oxygens (including phenoxy) is 2. The first kappa shape index (κ1) is 14.1. The van der Waals surface area contributed by atoms with Crippen LogP contribution in [0.1, 0.15) is 17.3 Å². The molecule has 0 saturated heterocycles. The molecule has 0 saturated carbocycles. The van der Waals surface area contributed by atoms with Crippen LogP contribution in [0.15, 0.2) is 30.5 Å². The number of para-hydroxylation sites is 1. The van der Waals surface area contributed by atoms with E-state index in [-0.39, 0.29) is 34.8 Å². The number of aromatic nitrogens is 2. The van der Waals surface area contributed by atoms with Crippen molar-refractivity contribution in [3.05, 3.63) is 41.3 Å². The lowest BCUT2D eigenvalue weighted by Crippen LogP contribution is -2.07. The molecule has 0 spiro atoms. The molecule has 0 aliphatic carbocycles. The maximum atomic E-state index is 11.8. The van der Waals surface area contributed by atoms with Crippen molar-refractivity contribution in [2.45, 2.75) is 6.92 Å². The largest absolute Gasteiger partial charge is 0.462 e. The van der Waals surface area contributed by atoms with Crippen molar-refractivity contribution in [3.63, 3.8) is 0 Å². The lowest BCUT2D eigenvalue weighted by atomic mass is 10.2. The molecule has 0 bridgehead atoms. The molecule has 0 aliphatic rings. The van der Waals surface area contributed by atoms with Gasteiger partial charge in [0, 0.05) is 0 Å². The highest BCUT2D eigenvalue weighted by Crippen LogP contribution is 2.28. The smallest absolute Gasteiger partial charge is 0.341 e. The van der Waals surface area contributed by atoms with Crippen LogP contribution in [0.3, 0.4) is 0 Å². The second kappa shape index (κ2) is 6.21. The highest BCUT2D eigenvalue weighted by Gasteiger charge is 2.15. The van der Waals surface area contributed by atoms with Gasteiger partial charge in [-0.25, -0.2) is 9.78 Å². The summed E-state index contributed by atoms with van der Waals surface area (Å²) < 4.78 is 10.5. The van der Waals surface area contributed by atoms with E-state index in [9.17, 15) is 4.79 Å². The van der Waals surface area contributed by atoms with E-state index in [1.54, 1.807) is 31.2 Å². The summed E-state index contributed by atoms with van der Waals surface area (Å²) in [4.78, 5) is 19.4. The van der Waals surface area contributed by atoms with Crippen LogP contribution >= 0.6 is 11.6 Å². The summed E-state index contributed by atoms with van der Waals surface area (Å²) in [7, 11) is 0. The maximum Gasteiger partial charge on any atom is 0.341 e. The summed E-state index contributed by atoms with van der Waals surface area (Å²) in [5.74, 6) is -0.115. The number of anilines is 1. The molecule has 104 valence electrons. The third-order valence-corrected chi connectivity index (χ3v) is 2.52. The average molecular weight is 294 g/mol. The van der Waals surface area contributed by atoms with Gasteiger partial charge >= 0.3 is 5.97 Å². The first-order valence-electron chi connectivity index (χ1n) is 5.83. The third-order valence-electron chi connectivity index (χ3n) is 2.34. The molecule has 1 heterocycles. The molecule has 0 radical (unpaired) electrons. The van der Waals surface area contributed by atoms with Gasteiger partial charge in [-0.1, -0.05) is 12.1 Å². The highest BCUT2D eigenvalue weighted by molar-refractivity contribution is 6.28. The lowest BCUT2D eigenvalue weighted by molar-refractivity contribution is 0.0523. The molecule has 1 aromatic heterocycles. The van der Waals surface area contributed by atoms with Crippen LogP contribution < -0.4 is 10.5 Å². The Labute approximate surface area is 120 Å². The molecule has 0 aliphatic heterocycles. The van der Waals surface area contributed by atoms with E-state index in [1.807, 2.05) is 0 Å². The van der Waals surface area contributed by atoms with Gasteiger partial charge in [0.05, 0.1) is 12.8 Å². The van der Waals surface area contributed by atoms with Crippen molar-refractivity contribution in [2.75, 3.05) is 12.3 Å². The number of carbonyl (C=O) groups is 1. The molecule has 20 heavy (non-hydrogen) atoms. The summed E-state index contributed by atoms with van der Waals surface area (Å²) >= 11 is 5.69. The number of hydrogen-bond acceptors (Lipinski definition) is 6. The predicted molar refractivity (Wildman–Crippen MR) is 73.9 cm³/mol. The molecule has 6 nitrogen and oxygen atoms in total. The number of carbonyl (C=O) groups excluding carboxylic acids is 1. The van der Waals surface area contributed by atoms with Gasteiger partial charge in [-0.15, -0.1) is 0 Å². The van der Waals surface area contributed by atoms with Gasteiger partial charge in [-0.05, 0) is 30.7 Å². The molecule has 0 atom stereocenters. The fourth-order valence-corrected chi connectivity index (χ4v) is 1.60. The van der Waals surface area contributed by atoms with Crippen LogP contribution in [0.25, 0.3) is 0 Å². The second-order valence-corrected chi connectivity index (χ2v) is 4.06. The number of rotatable bonds is 4. The topological polar surface area (TPSA) is 87.3 Å². The van der Waals surface area contributed by atoms with Crippen molar-refractivity contribution in [1.82, 2.24) is 9.97 Å². The van der Waals surface area contributed by atoms with E-state index in [4.69, 9.17) is 26.8 Å². The van der Waals surface area contributed by atoms with E-state index >= 15 is 0 Å². The average Bonchev–Trinajstić information content (AvgIpc) is 2.44. The molecule has 2 aromatic rings. The Bertz CT molecular complexity index is 634. The normalized spacial score (nSPS) is 10.1. The third kappa shape index (κ3) is 3.16. The van der Waals surface area contributed by atoms with Crippen LogP contribution in [0.2, 0.25) is 5.28 Å². The number of nitrogens with two attached hydrogens (primary N) is 1. The summed E-state index contributed by atoms with van der Waals surface area (Å²) in [6, 6.07) is 6.63. The zero-order chi connectivity index (χ0) is 14.5. The fraction of sp³-hybridized carbons (Fsp3) is 0.154. The zero-order valence-electron chi connectivity index (χ0n) is 10.7. The first-order valence-corrected chi connectivity index (χ1v) is 6.21. The Kier molecular flexibility index (Phi) is 4.37. The van der Waals surface area contributed by atoms with Crippen molar-refractivity contribution >= 4 is 23.3 Å². The molecule has 2 N–H and O–H groups in total. The van der Waals surface area contributed by atoms with Gasteiger partial charge in [0.1, 0.15) is 17.0 Å². The number of esters is 1. The zero-order valence-corrected chi connectivity index (χ0v) is 11.4. The van der Waals surface area contributed by atoms with Gasteiger partial charge in [-0.3, -0.25) is 0 Å². The lowest BCUT2D eigenvalue weighted by Gasteiger charge is -2.10. The highest BCUT2D eigenvalue weighted by atomic mass is 35.5. The second-order valence-electron chi connectivity index (χ2n) is 3.72. The van der Waals surface area contributed by atoms with Gasteiger partial charge < -0.3 is 15.2 Å². The van der Waals surface area contributed by atoms with Crippen LogP contribution in [-0.4, -0.2) is 22.5 Å². The predicted octanol–water partition coefficient (Wildman–Crippen LogP) is 2.68. The van der Waals surface area contributed by atoms with E-state index in [2.05, 4.69) is 9.97 Å². The standard InChI is InChI=1S/C13H12ClN3O3/c1-2-19-12(18)8-5-3-4-6-10(8)20-11-9(15)7-16-13(14)17-11/h3-7H,2,15H2,1H3. The Morgan fingerprint density at radius 1 is 1.40 bits per heavy atom. The van der Waals surface area contributed by atoms with E-state index in [0.29, 0.717) is 0 Å². The number of hydrogen-bond donors (Lipinski definition) is 1. The van der Waals surface area contributed by atoms with Crippen molar-refractivity contribution in [2.24, 2.45) is 0 Å². The van der Waals surface area contributed by atoms with Crippen LogP contribution in [0.4, 0.5) is 5.69 Å². The monoisotopic (exact) mass is 293 g/mol.